The van der Waals surface area contributed by atoms with Gasteiger partial charge in [-0.1, -0.05) is 18.2 Å². The summed E-state index contributed by atoms with van der Waals surface area (Å²) in [5, 5.41) is 2.74. The van der Waals surface area contributed by atoms with E-state index in [1.165, 1.54) is 0 Å². The number of hydrogen-bond acceptors (Lipinski definition) is 1. The highest BCUT2D eigenvalue weighted by atomic mass is 127. The van der Waals surface area contributed by atoms with Crippen molar-refractivity contribution in [1.29, 1.82) is 0 Å². The van der Waals surface area contributed by atoms with Crippen LogP contribution in [0.4, 0.5) is 13.2 Å². The molecule has 1 aromatic carbocycles. The van der Waals surface area contributed by atoms with Crippen molar-refractivity contribution >= 4 is 28.5 Å². The number of amides is 1. The van der Waals surface area contributed by atoms with Crippen LogP contribution in [-0.2, 0) is 0 Å². The van der Waals surface area contributed by atoms with E-state index in [0.717, 1.165) is 0 Å². The summed E-state index contributed by atoms with van der Waals surface area (Å²) in [5.41, 5.74) is 0.582. The summed E-state index contributed by atoms with van der Waals surface area (Å²) in [5.74, 6) is -0.161. The molecule has 0 atom stereocenters. The summed E-state index contributed by atoms with van der Waals surface area (Å²) < 4.78 is 36.4. The standard InChI is InChI=1S/C14H15F3INO/c15-14(16,17)10-12(18)8-4-5-9-19-13(20)11-6-2-1-3-7-11/h1-3,6-7,10H,4-5,8-9H2,(H,19,20). The predicted octanol–water partition coefficient (Wildman–Crippen LogP) is 4.47. The lowest BCUT2D eigenvalue weighted by Crippen LogP contribution is -2.24. The van der Waals surface area contributed by atoms with Gasteiger partial charge in [0.2, 0.25) is 0 Å². The summed E-state index contributed by atoms with van der Waals surface area (Å²) in [6, 6.07) is 8.80. The molecule has 0 aliphatic carbocycles. The number of rotatable bonds is 6. The molecule has 1 amide bonds. The highest BCUT2D eigenvalue weighted by molar-refractivity contribution is 14.1. The Morgan fingerprint density at radius 3 is 2.45 bits per heavy atom. The van der Waals surface area contributed by atoms with E-state index in [2.05, 4.69) is 5.32 Å². The quantitative estimate of drug-likeness (QED) is 0.557. The molecule has 0 aliphatic rings. The normalized spacial score (nSPS) is 12.3. The van der Waals surface area contributed by atoms with E-state index in [9.17, 15) is 18.0 Å². The molecular formula is C14H15F3INO. The number of halogens is 4. The first-order valence-corrected chi connectivity index (χ1v) is 7.23. The number of hydrogen-bond donors (Lipinski definition) is 1. The zero-order chi connectivity index (χ0) is 15.0. The molecule has 0 aliphatic heterocycles. The fourth-order valence-electron chi connectivity index (χ4n) is 1.56. The van der Waals surface area contributed by atoms with Crippen LogP contribution in [-0.4, -0.2) is 18.6 Å². The highest BCUT2D eigenvalue weighted by Crippen LogP contribution is 2.24. The topological polar surface area (TPSA) is 29.1 Å². The number of unbranched alkanes of at least 4 members (excludes halogenated alkanes) is 1. The van der Waals surface area contributed by atoms with Gasteiger partial charge in [0.25, 0.3) is 5.91 Å². The molecule has 0 saturated carbocycles. The Labute approximate surface area is 129 Å². The maximum atomic E-state index is 12.0. The summed E-state index contributed by atoms with van der Waals surface area (Å²) in [6.45, 7) is 0.462. The minimum absolute atomic E-state index is 0.161. The molecule has 1 aromatic rings. The maximum absolute atomic E-state index is 12.0. The van der Waals surface area contributed by atoms with E-state index in [4.69, 9.17) is 0 Å². The Balaban J connectivity index is 2.20. The molecule has 0 fully saturated rings. The molecule has 0 heterocycles. The minimum atomic E-state index is -4.25. The molecule has 0 bridgehead atoms. The number of allylic oxidation sites excluding steroid dienone is 2. The third kappa shape index (κ3) is 7.52. The van der Waals surface area contributed by atoms with Crippen LogP contribution < -0.4 is 5.32 Å². The van der Waals surface area contributed by atoms with Crippen LogP contribution in [0, 0.1) is 0 Å². The van der Waals surface area contributed by atoms with Gasteiger partial charge in [0.05, 0.1) is 0 Å². The molecule has 1 N–H and O–H groups in total. The third-order valence-corrected chi connectivity index (χ3v) is 3.33. The van der Waals surface area contributed by atoms with Crippen molar-refractivity contribution in [2.45, 2.75) is 25.4 Å². The summed E-state index contributed by atoms with van der Waals surface area (Å²) in [7, 11) is 0. The Hall–Kier alpha value is -1.05. The molecular weight excluding hydrogens is 382 g/mol. The molecule has 110 valence electrons. The molecule has 1 rings (SSSR count). The SMILES string of the molecule is O=C(NCCCCC(I)=CC(F)(F)F)c1ccccc1. The van der Waals surface area contributed by atoms with Gasteiger partial charge in [-0.15, -0.1) is 0 Å². The number of carbonyl (C=O) groups is 1. The van der Waals surface area contributed by atoms with Crippen LogP contribution in [0.3, 0.4) is 0 Å². The van der Waals surface area contributed by atoms with Gasteiger partial charge in [0, 0.05) is 18.2 Å². The third-order valence-electron chi connectivity index (χ3n) is 2.48. The van der Waals surface area contributed by atoms with Crippen molar-refractivity contribution in [2.75, 3.05) is 6.54 Å². The molecule has 0 spiro atoms. The van der Waals surface area contributed by atoms with Crippen LogP contribution >= 0.6 is 22.6 Å². The zero-order valence-electron chi connectivity index (χ0n) is 10.7. The first kappa shape index (κ1) is 17.0. The van der Waals surface area contributed by atoms with E-state index in [0.29, 0.717) is 37.4 Å². The summed E-state index contributed by atoms with van der Waals surface area (Å²) >= 11 is 1.69. The monoisotopic (exact) mass is 397 g/mol. The van der Waals surface area contributed by atoms with Crippen molar-refractivity contribution in [3.05, 3.63) is 45.6 Å². The summed E-state index contributed by atoms with van der Waals surface area (Å²) in [4.78, 5) is 11.7. The average Bonchev–Trinajstić information content (AvgIpc) is 2.37. The van der Waals surface area contributed by atoms with Gasteiger partial charge in [0.15, 0.2) is 0 Å². The van der Waals surface area contributed by atoms with Crippen LogP contribution in [0.5, 0.6) is 0 Å². The molecule has 0 saturated heterocycles. The number of nitrogens with one attached hydrogen (secondary N) is 1. The first-order valence-electron chi connectivity index (χ1n) is 6.16. The van der Waals surface area contributed by atoms with E-state index in [1.54, 1.807) is 46.9 Å². The Kier molecular flexibility index (Phi) is 7.04. The number of benzene rings is 1. The molecule has 0 aromatic heterocycles. The van der Waals surface area contributed by atoms with Gasteiger partial charge in [-0.2, -0.15) is 13.2 Å². The molecule has 0 radical (unpaired) electrons. The molecule has 0 unspecified atom stereocenters. The second-order valence-electron chi connectivity index (χ2n) is 4.21. The lowest BCUT2D eigenvalue weighted by Gasteiger charge is -2.05. The lowest BCUT2D eigenvalue weighted by molar-refractivity contribution is -0.0801. The Morgan fingerprint density at radius 2 is 1.85 bits per heavy atom. The Bertz CT molecular complexity index is 457. The zero-order valence-corrected chi connectivity index (χ0v) is 12.9. The van der Waals surface area contributed by atoms with Crippen molar-refractivity contribution in [1.82, 2.24) is 5.32 Å². The maximum Gasteiger partial charge on any atom is 0.410 e. The van der Waals surface area contributed by atoms with E-state index in [1.807, 2.05) is 6.07 Å². The second-order valence-corrected chi connectivity index (χ2v) is 5.60. The van der Waals surface area contributed by atoms with Crippen LogP contribution in [0.1, 0.15) is 29.6 Å². The van der Waals surface area contributed by atoms with Crippen molar-refractivity contribution in [3.63, 3.8) is 0 Å². The van der Waals surface area contributed by atoms with Crippen molar-refractivity contribution < 1.29 is 18.0 Å². The van der Waals surface area contributed by atoms with Crippen LogP contribution in [0.2, 0.25) is 0 Å². The second kappa shape index (κ2) is 8.28. The van der Waals surface area contributed by atoms with Gasteiger partial charge >= 0.3 is 6.18 Å². The van der Waals surface area contributed by atoms with Crippen LogP contribution in [0.15, 0.2) is 40.0 Å². The van der Waals surface area contributed by atoms with Crippen LogP contribution in [0.25, 0.3) is 0 Å². The van der Waals surface area contributed by atoms with E-state index < -0.39 is 6.18 Å². The molecule has 20 heavy (non-hydrogen) atoms. The first-order chi connectivity index (χ1) is 9.38. The Morgan fingerprint density at radius 1 is 1.20 bits per heavy atom. The average molecular weight is 397 g/mol. The van der Waals surface area contributed by atoms with Gasteiger partial charge in [0.1, 0.15) is 0 Å². The van der Waals surface area contributed by atoms with Gasteiger partial charge < -0.3 is 5.32 Å². The smallest absolute Gasteiger partial charge is 0.352 e. The van der Waals surface area contributed by atoms with Crippen molar-refractivity contribution in [3.8, 4) is 0 Å². The van der Waals surface area contributed by atoms with Crippen molar-refractivity contribution in [2.24, 2.45) is 0 Å². The molecule has 2 nitrogen and oxygen atoms in total. The molecule has 6 heteroatoms. The van der Waals surface area contributed by atoms with Gasteiger partial charge in [-0.25, -0.2) is 0 Å². The fourth-order valence-corrected chi connectivity index (χ4v) is 2.30. The lowest BCUT2D eigenvalue weighted by atomic mass is 10.2. The highest BCUT2D eigenvalue weighted by Gasteiger charge is 2.23. The van der Waals surface area contributed by atoms with E-state index in [-0.39, 0.29) is 9.49 Å². The fraction of sp³-hybridized carbons (Fsp3) is 0.357. The van der Waals surface area contributed by atoms with E-state index >= 15 is 0 Å². The number of alkyl halides is 3. The minimum Gasteiger partial charge on any atom is -0.352 e. The number of carbonyl (C=O) groups excluding carboxylic acids is 1. The predicted molar refractivity (Wildman–Crippen MR) is 80.8 cm³/mol. The van der Waals surface area contributed by atoms with Gasteiger partial charge in [-0.3, -0.25) is 4.79 Å². The summed E-state index contributed by atoms with van der Waals surface area (Å²) in [6.07, 6.45) is -2.30. The van der Waals surface area contributed by atoms with Gasteiger partial charge in [-0.05, 0) is 57.6 Å². The largest absolute Gasteiger partial charge is 0.410 e.